The van der Waals surface area contributed by atoms with Gasteiger partial charge in [-0.25, -0.2) is 4.39 Å². The molecule has 1 aromatic rings. The number of nitrogens with one attached hydrogen (secondary N) is 1. The molecule has 0 aromatic heterocycles. The summed E-state index contributed by atoms with van der Waals surface area (Å²) in [6, 6.07) is 4.29. The van der Waals surface area contributed by atoms with Gasteiger partial charge in [-0.15, -0.1) is 0 Å². The van der Waals surface area contributed by atoms with Crippen LogP contribution in [0.5, 0.6) is 5.75 Å². The summed E-state index contributed by atoms with van der Waals surface area (Å²) in [4.78, 5) is 13.0. The first kappa shape index (κ1) is 13.4. The van der Waals surface area contributed by atoms with Gasteiger partial charge >= 0.3 is 0 Å². The second-order valence-corrected chi connectivity index (χ2v) is 3.95. The lowest BCUT2D eigenvalue weighted by Gasteiger charge is -2.16. The molecular formula is C12H17FN2O2. The van der Waals surface area contributed by atoms with E-state index in [-0.39, 0.29) is 11.7 Å². The van der Waals surface area contributed by atoms with E-state index >= 15 is 0 Å². The van der Waals surface area contributed by atoms with E-state index in [1.54, 1.807) is 13.1 Å². The molecule has 0 atom stereocenters. The van der Waals surface area contributed by atoms with E-state index in [1.165, 1.54) is 12.1 Å². The van der Waals surface area contributed by atoms with Gasteiger partial charge in [-0.1, -0.05) is 6.07 Å². The molecule has 0 saturated heterocycles. The Morgan fingerprint density at radius 3 is 2.82 bits per heavy atom. The third kappa shape index (κ3) is 4.40. The van der Waals surface area contributed by atoms with Crippen LogP contribution in [0.2, 0.25) is 0 Å². The summed E-state index contributed by atoms with van der Waals surface area (Å²) < 4.78 is 13.1. The minimum absolute atomic E-state index is 0.0197. The zero-order chi connectivity index (χ0) is 12.8. The first-order chi connectivity index (χ1) is 8.02. The summed E-state index contributed by atoms with van der Waals surface area (Å²) in [5.41, 5.74) is 0.764. The Morgan fingerprint density at radius 2 is 2.24 bits per heavy atom. The third-order valence-corrected chi connectivity index (χ3v) is 2.46. The van der Waals surface area contributed by atoms with Gasteiger partial charge in [0.1, 0.15) is 0 Å². The number of carbonyl (C=O) groups is 1. The Kier molecular flexibility index (Phi) is 4.90. The zero-order valence-electron chi connectivity index (χ0n) is 10.0. The fourth-order valence-electron chi connectivity index (χ4n) is 1.46. The van der Waals surface area contributed by atoms with Crippen LogP contribution >= 0.6 is 0 Å². The number of nitrogens with zero attached hydrogens (tertiary/aromatic N) is 1. The lowest BCUT2D eigenvalue weighted by Crippen LogP contribution is -2.26. The summed E-state index contributed by atoms with van der Waals surface area (Å²) in [5.74, 6) is -0.988. The summed E-state index contributed by atoms with van der Waals surface area (Å²) in [6.45, 7) is 1.14. The number of hydrogen-bond donors (Lipinski definition) is 2. The average Bonchev–Trinajstić information content (AvgIpc) is 2.31. The van der Waals surface area contributed by atoms with Gasteiger partial charge in [0.05, 0.1) is 0 Å². The lowest BCUT2D eigenvalue weighted by atomic mass is 10.2. The highest BCUT2D eigenvalue weighted by Crippen LogP contribution is 2.16. The molecule has 0 bridgehead atoms. The highest BCUT2D eigenvalue weighted by molar-refractivity contribution is 5.75. The fraction of sp³-hybridized carbons (Fsp3) is 0.417. The van der Waals surface area contributed by atoms with Crippen molar-refractivity contribution in [3.05, 3.63) is 29.6 Å². The van der Waals surface area contributed by atoms with E-state index in [0.717, 1.165) is 5.56 Å². The molecule has 0 spiro atoms. The number of halogens is 1. The van der Waals surface area contributed by atoms with E-state index in [1.807, 2.05) is 11.9 Å². The second-order valence-electron chi connectivity index (χ2n) is 3.95. The van der Waals surface area contributed by atoms with Gasteiger partial charge in [-0.3, -0.25) is 4.79 Å². The second kappa shape index (κ2) is 6.20. The molecule has 0 unspecified atom stereocenters. The number of hydrogen-bond acceptors (Lipinski definition) is 3. The monoisotopic (exact) mass is 240 g/mol. The van der Waals surface area contributed by atoms with Crippen molar-refractivity contribution in [1.29, 1.82) is 0 Å². The van der Waals surface area contributed by atoms with Crippen molar-refractivity contribution in [2.24, 2.45) is 0 Å². The molecule has 0 aliphatic heterocycles. The SMILES string of the molecule is CNC(=O)CCN(C)Cc1ccc(O)c(F)c1. The minimum Gasteiger partial charge on any atom is -0.505 e. The van der Waals surface area contributed by atoms with Crippen molar-refractivity contribution in [3.63, 3.8) is 0 Å². The van der Waals surface area contributed by atoms with Crippen LogP contribution in [0.4, 0.5) is 4.39 Å². The van der Waals surface area contributed by atoms with Crippen LogP contribution in [0.15, 0.2) is 18.2 Å². The fourth-order valence-corrected chi connectivity index (χ4v) is 1.46. The molecule has 0 radical (unpaired) electrons. The Balaban J connectivity index is 2.47. The maximum absolute atomic E-state index is 13.1. The largest absolute Gasteiger partial charge is 0.505 e. The number of amides is 1. The van der Waals surface area contributed by atoms with Crippen LogP contribution < -0.4 is 5.32 Å². The predicted octanol–water partition coefficient (Wildman–Crippen LogP) is 1.10. The molecule has 0 aliphatic rings. The van der Waals surface area contributed by atoms with Gasteiger partial charge in [-0.05, 0) is 24.7 Å². The molecule has 2 N–H and O–H groups in total. The topological polar surface area (TPSA) is 52.6 Å². The Hall–Kier alpha value is -1.62. The van der Waals surface area contributed by atoms with Gasteiger partial charge in [0.2, 0.25) is 5.91 Å². The van der Waals surface area contributed by atoms with E-state index in [0.29, 0.717) is 19.5 Å². The third-order valence-electron chi connectivity index (χ3n) is 2.46. The van der Waals surface area contributed by atoms with Crippen molar-refractivity contribution in [3.8, 4) is 5.75 Å². The lowest BCUT2D eigenvalue weighted by molar-refractivity contribution is -0.120. The summed E-state index contributed by atoms with van der Waals surface area (Å²) in [7, 11) is 3.45. The molecule has 0 saturated carbocycles. The van der Waals surface area contributed by atoms with Crippen LogP contribution in [0, 0.1) is 5.82 Å². The molecule has 0 fully saturated rings. The summed E-state index contributed by atoms with van der Waals surface area (Å²) in [6.07, 6.45) is 0.410. The molecule has 1 rings (SSSR count). The first-order valence-electron chi connectivity index (χ1n) is 5.39. The number of carbonyl (C=O) groups excluding carboxylic acids is 1. The van der Waals surface area contributed by atoms with E-state index < -0.39 is 5.82 Å². The highest BCUT2D eigenvalue weighted by atomic mass is 19.1. The smallest absolute Gasteiger partial charge is 0.221 e. The Morgan fingerprint density at radius 1 is 1.53 bits per heavy atom. The van der Waals surface area contributed by atoms with Crippen molar-refractivity contribution in [1.82, 2.24) is 10.2 Å². The van der Waals surface area contributed by atoms with Gasteiger partial charge in [0.25, 0.3) is 0 Å². The van der Waals surface area contributed by atoms with Gasteiger partial charge in [0, 0.05) is 26.6 Å². The van der Waals surface area contributed by atoms with Crippen LogP contribution in [0.25, 0.3) is 0 Å². The van der Waals surface area contributed by atoms with Gasteiger partial charge < -0.3 is 15.3 Å². The molecule has 1 aromatic carbocycles. The van der Waals surface area contributed by atoms with Crippen LogP contribution in [-0.2, 0) is 11.3 Å². The molecule has 17 heavy (non-hydrogen) atoms. The average molecular weight is 240 g/mol. The summed E-state index contributed by atoms with van der Waals surface area (Å²) in [5, 5.41) is 11.6. The molecule has 5 heteroatoms. The molecule has 0 aliphatic carbocycles. The zero-order valence-corrected chi connectivity index (χ0v) is 10.0. The van der Waals surface area contributed by atoms with E-state index in [2.05, 4.69) is 5.32 Å². The van der Waals surface area contributed by atoms with E-state index in [4.69, 9.17) is 5.11 Å². The quantitative estimate of drug-likeness (QED) is 0.810. The van der Waals surface area contributed by atoms with Gasteiger partial charge in [-0.2, -0.15) is 0 Å². The van der Waals surface area contributed by atoms with Crippen molar-refractivity contribution in [2.45, 2.75) is 13.0 Å². The van der Waals surface area contributed by atoms with Gasteiger partial charge in [0.15, 0.2) is 11.6 Å². The van der Waals surface area contributed by atoms with Crippen LogP contribution in [0.1, 0.15) is 12.0 Å². The molecule has 94 valence electrons. The molecular weight excluding hydrogens is 223 g/mol. The normalized spacial score (nSPS) is 10.6. The minimum atomic E-state index is -0.623. The number of phenolic OH excluding ortho intramolecular Hbond substituents is 1. The van der Waals surface area contributed by atoms with E-state index in [9.17, 15) is 9.18 Å². The van der Waals surface area contributed by atoms with Crippen molar-refractivity contribution >= 4 is 5.91 Å². The molecule has 0 heterocycles. The number of benzene rings is 1. The number of aromatic hydroxyl groups is 1. The summed E-state index contributed by atoms with van der Waals surface area (Å²) >= 11 is 0. The van der Waals surface area contributed by atoms with Crippen molar-refractivity contribution < 1.29 is 14.3 Å². The maximum Gasteiger partial charge on any atom is 0.221 e. The first-order valence-corrected chi connectivity index (χ1v) is 5.39. The highest BCUT2D eigenvalue weighted by Gasteiger charge is 2.06. The maximum atomic E-state index is 13.1. The Labute approximate surface area is 100 Å². The number of phenols is 1. The van der Waals surface area contributed by atoms with Crippen molar-refractivity contribution in [2.75, 3.05) is 20.6 Å². The molecule has 4 nitrogen and oxygen atoms in total. The molecule has 1 amide bonds. The van der Waals surface area contributed by atoms with Crippen LogP contribution in [-0.4, -0.2) is 36.6 Å². The predicted molar refractivity (Wildman–Crippen MR) is 63.1 cm³/mol. The number of rotatable bonds is 5. The standard InChI is InChI=1S/C12H17FN2O2/c1-14-12(17)5-6-15(2)8-9-3-4-11(16)10(13)7-9/h3-4,7,16H,5-6,8H2,1-2H3,(H,14,17). The van der Waals surface area contributed by atoms with Crippen LogP contribution in [0.3, 0.4) is 0 Å². The Bertz CT molecular complexity index is 396.